The number of amides is 1. The van der Waals surface area contributed by atoms with Crippen molar-refractivity contribution < 1.29 is 9.21 Å². The van der Waals surface area contributed by atoms with Gasteiger partial charge in [0.05, 0.1) is 11.9 Å². The van der Waals surface area contributed by atoms with E-state index in [0.29, 0.717) is 18.5 Å². The van der Waals surface area contributed by atoms with E-state index < -0.39 is 0 Å². The molecule has 0 fully saturated rings. The summed E-state index contributed by atoms with van der Waals surface area (Å²) in [6.07, 6.45) is 0.389. The fourth-order valence-corrected chi connectivity index (χ4v) is 2.83. The lowest BCUT2D eigenvalue weighted by Gasteiger charge is -2.04. The summed E-state index contributed by atoms with van der Waals surface area (Å²) in [5, 5.41) is 4.82. The first kappa shape index (κ1) is 13.6. The largest absolute Gasteiger partial charge is 0.419 e. The summed E-state index contributed by atoms with van der Waals surface area (Å²) in [7, 11) is 1.66. The summed E-state index contributed by atoms with van der Waals surface area (Å²) in [4.78, 5) is 24.3. The number of carbonyl (C=O) groups is 1. The molecule has 2 aromatic heterocycles. The molecule has 0 unspecified atom stereocenters. The number of aryl methyl sites for hydroxylation is 1. The minimum atomic E-state index is -0.385. The molecule has 0 spiro atoms. The Morgan fingerprint density at radius 2 is 2.24 bits per heavy atom. The smallest absolute Gasteiger partial charge is 0.408 e. The van der Waals surface area contributed by atoms with Crippen LogP contribution in [0.3, 0.4) is 0 Å². The van der Waals surface area contributed by atoms with Gasteiger partial charge in [-0.25, -0.2) is 4.79 Å². The summed E-state index contributed by atoms with van der Waals surface area (Å²) in [6.45, 7) is 0.415. The van der Waals surface area contributed by atoms with E-state index in [9.17, 15) is 9.59 Å². The fourth-order valence-electron chi connectivity index (χ4n) is 2.12. The lowest BCUT2D eigenvalue weighted by atomic mass is 10.2. The number of rotatable bonds is 4. The van der Waals surface area contributed by atoms with Crippen molar-refractivity contribution in [3.63, 3.8) is 0 Å². The molecule has 6 heteroatoms. The molecule has 0 aliphatic heterocycles. The van der Waals surface area contributed by atoms with E-state index in [4.69, 9.17) is 4.42 Å². The fraction of sp³-hybridized carbons (Fsp3) is 0.200. The third kappa shape index (κ3) is 2.90. The van der Waals surface area contributed by atoms with Crippen molar-refractivity contribution in [3.05, 3.63) is 56.7 Å². The number of hydrogen-bond acceptors (Lipinski definition) is 4. The molecular formula is C15H14N2O3S. The highest BCUT2D eigenvalue weighted by Gasteiger charge is 2.08. The molecule has 1 aromatic carbocycles. The summed E-state index contributed by atoms with van der Waals surface area (Å²) in [5.74, 6) is -0.407. The average Bonchev–Trinajstić information content (AvgIpc) is 3.06. The van der Waals surface area contributed by atoms with Crippen molar-refractivity contribution in [1.29, 1.82) is 0 Å². The number of hydrogen-bond donors (Lipinski definition) is 1. The Morgan fingerprint density at radius 3 is 3.00 bits per heavy atom. The van der Waals surface area contributed by atoms with E-state index in [2.05, 4.69) is 5.32 Å². The number of thiophene rings is 1. The summed E-state index contributed by atoms with van der Waals surface area (Å²) < 4.78 is 6.58. The first-order valence-electron chi connectivity index (χ1n) is 6.51. The Hall–Kier alpha value is -2.34. The van der Waals surface area contributed by atoms with Gasteiger partial charge in [-0.2, -0.15) is 0 Å². The van der Waals surface area contributed by atoms with Gasteiger partial charge in [-0.05, 0) is 29.1 Å². The molecule has 108 valence electrons. The maximum atomic E-state index is 11.8. The lowest BCUT2D eigenvalue weighted by Crippen LogP contribution is -2.24. The molecular weight excluding hydrogens is 288 g/mol. The highest BCUT2D eigenvalue weighted by molar-refractivity contribution is 7.10. The summed E-state index contributed by atoms with van der Waals surface area (Å²) in [6, 6.07) is 9.35. The Bertz CT molecular complexity index is 830. The van der Waals surface area contributed by atoms with Gasteiger partial charge in [0.2, 0.25) is 5.91 Å². The van der Waals surface area contributed by atoms with Crippen LogP contribution >= 0.6 is 11.3 Å². The average molecular weight is 302 g/mol. The minimum absolute atomic E-state index is 0.0212. The quantitative estimate of drug-likeness (QED) is 0.802. The predicted octanol–water partition coefficient (Wildman–Crippen LogP) is 2.05. The van der Waals surface area contributed by atoms with Crippen molar-refractivity contribution in [2.75, 3.05) is 0 Å². The predicted molar refractivity (Wildman–Crippen MR) is 81.3 cm³/mol. The molecule has 1 amide bonds. The van der Waals surface area contributed by atoms with Gasteiger partial charge in [-0.1, -0.05) is 12.1 Å². The van der Waals surface area contributed by atoms with Gasteiger partial charge in [-0.15, -0.1) is 11.3 Å². The third-order valence-corrected chi connectivity index (χ3v) is 4.14. The normalized spacial score (nSPS) is 10.9. The van der Waals surface area contributed by atoms with E-state index in [-0.39, 0.29) is 11.7 Å². The number of aromatic nitrogens is 1. The van der Waals surface area contributed by atoms with Crippen LogP contribution in [0.25, 0.3) is 11.1 Å². The highest BCUT2D eigenvalue weighted by Crippen LogP contribution is 2.14. The van der Waals surface area contributed by atoms with Crippen LogP contribution < -0.4 is 11.1 Å². The summed E-state index contributed by atoms with van der Waals surface area (Å²) >= 11 is 1.57. The van der Waals surface area contributed by atoms with Crippen LogP contribution in [0.2, 0.25) is 0 Å². The molecule has 21 heavy (non-hydrogen) atoms. The first-order chi connectivity index (χ1) is 10.1. The van der Waals surface area contributed by atoms with Crippen molar-refractivity contribution >= 4 is 28.3 Å². The maximum absolute atomic E-state index is 11.8. The second-order valence-corrected chi connectivity index (χ2v) is 5.79. The Morgan fingerprint density at radius 1 is 1.38 bits per heavy atom. The Labute approximate surface area is 124 Å². The number of benzene rings is 1. The van der Waals surface area contributed by atoms with E-state index in [0.717, 1.165) is 16.0 Å². The van der Waals surface area contributed by atoms with Crippen molar-refractivity contribution in [1.82, 2.24) is 9.88 Å². The van der Waals surface area contributed by atoms with Crippen LogP contribution in [-0.4, -0.2) is 10.5 Å². The van der Waals surface area contributed by atoms with Gasteiger partial charge in [0.1, 0.15) is 0 Å². The van der Waals surface area contributed by atoms with E-state index in [1.54, 1.807) is 24.5 Å². The Kier molecular flexibility index (Phi) is 3.62. The minimum Gasteiger partial charge on any atom is -0.408 e. The molecule has 3 aromatic rings. The van der Waals surface area contributed by atoms with Gasteiger partial charge >= 0.3 is 5.76 Å². The summed E-state index contributed by atoms with van der Waals surface area (Å²) in [5.41, 5.74) is 2.18. The zero-order valence-corrected chi connectivity index (χ0v) is 12.3. The van der Waals surface area contributed by atoms with Crippen LogP contribution in [0.15, 0.2) is 44.9 Å². The number of nitrogens with one attached hydrogen (secondary N) is 1. The van der Waals surface area contributed by atoms with Gasteiger partial charge in [0.25, 0.3) is 0 Å². The number of oxazole rings is 1. The number of fused-ring (bicyclic) bond motifs is 1. The molecule has 3 rings (SSSR count). The van der Waals surface area contributed by atoms with Gasteiger partial charge in [0, 0.05) is 18.5 Å². The Balaban J connectivity index is 1.68. The molecule has 5 nitrogen and oxygen atoms in total. The monoisotopic (exact) mass is 302 g/mol. The van der Waals surface area contributed by atoms with Crippen molar-refractivity contribution in [2.24, 2.45) is 7.05 Å². The topological polar surface area (TPSA) is 64.2 Å². The zero-order valence-electron chi connectivity index (χ0n) is 11.5. The number of nitrogens with zero attached hydrogens (tertiary/aromatic N) is 1. The van der Waals surface area contributed by atoms with Crippen LogP contribution in [0, 0.1) is 0 Å². The molecule has 0 bridgehead atoms. The molecule has 0 saturated heterocycles. The molecule has 0 radical (unpaired) electrons. The van der Waals surface area contributed by atoms with Crippen molar-refractivity contribution in [3.8, 4) is 0 Å². The molecule has 0 atom stereocenters. The van der Waals surface area contributed by atoms with E-state index >= 15 is 0 Å². The standard InChI is InChI=1S/C15H14N2O3S/c1-17-12-5-4-10(7-13(12)20-15(17)19)9-16-14(18)8-11-3-2-6-21-11/h2-7H,8-9H2,1H3,(H,16,18). The zero-order chi connectivity index (χ0) is 14.8. The van der Waals surface area contributed by atoms with Crippen molar-refractivity contribution in [2.45, 2.75) is 13.0 Å². The van der Waals surface area contributed by atoms with Crippen LogP contribution in [-0.2, 0) is 24.8 Å². The van der Waals surface area contributed by atoms with Crippen LogP contribution in [0.4, 0.5) is 0 Å². The second kappa shape index (κ2) is 5.57. The van der Waals surface area contributed by atoms with Gasteiger partial charge in [-0.3, -0.25) is 9.36 Å². The molecule has 0 aliphatic carbocycles. The lowest BCUT2D eigenvalue weighted by molar-refractivity contribution is -0.120. The third-order valence-electron chi connectivity index (χ3n) is 3.26. The molecule has 1 N–H and O–H groups in total. The molecule has 2 heterocycles. The highest BCUT2D eigenvalue weighted by atomic mass is 32.1. The maximum Gasteiger partial charge on any atom is 0.419 e. The van der Waals surface area contributed by atoms with E-state index in [1.807, 2.05) is 29.6 Å². The number of carbonyl (C=O) groups excluding carboxylic acids is 1. The van der Waals surface area contributed by atoms with Crippen LogP contribution in [0.5, 0.6) is 0 Å². The molecule has 0 saturated carbocycles. The molecule has 0 aliphatic rings. The second-order valence-electron chi connectivity index (χ2n) is 4.76. The van der Waals surface area contributed by atoms with Gasteiger partial charge in [0.15, 0.2) is 5.58 Å². The SMILES string of the molecule is Cn1c(=O)oc2cc(CNC(=O)Cc3cccs3)ccc21. The van der Waals surface area contributed by atoms with Crippen LogP contribution in [0.1, 0.15) is 10.4 Å². The first-order valence-corrected chi connectivity index (χ1v) is 7.39. The van der Waals surface area contributed by atoms with Gasteiger partial charge < -0.3 is 9.73 Å². The van der Waals surface area contributed by atoms with E-state index in [1.165, 1.54) is 4.57 Å².